The molecule has 0 amide bonds. The molecule has 0 aromatic heterocycles. The smallest absolute Gasteiger partial charge is 0.268 e. The molecular weight excluding hydrogens is 669 g/mol. The summed E-state index contributed by atoms with van der Waals surface area (Å²) in [5.74, 6) is 0. The van der Waals surface area contributed by atoms with E-state index in [2.05, 4.69) is 62.5 Å². The second-order valence-electron chi connectivity index (χ2n) is 15.3. The number of quaternary nitrogens is 1. The van der Waals surface area contributed by atoms with Gasteiger partial charge in [-0.15, -0.1) is 0 Å². The Balaban J connectivity index is 4.15. The van der Waals surface area contributed by atoms with Crippen molar-refractivity contribution in [2.24, 2.45) is 0 Å². The molecule has 0 radical (unpaired) electrons. The summed E-state index contributed by atoms with van der Waals surface area (Å²) < 4.78 is 35.3. The fourth-order valence-electron chi connectivity index (χ4n) is 5.60. The Morgan fingerprint density at radius 1 is 0.538 bits per heavy atom. The number of phosphoric ester groups is 1. The summed E-state index contributed by atoms with van der Waals surface area (Å²) in [6, 6.07) is 0. The lowest BCUT2D eigenvalue weighted by Gasteiger charge is -2.28. The first-order valence-corrected chi connectivity index (χ1v) is 22.9. The molecule has 0 bridgehead atoms. The van der Waals surface area contributed by atoms with Gasteiger partial charge < -0.3 is 27.9 Å². The van der Waals surface area contributed by atoms with E-state index >= 15 is 0 Å². The Kier molecular flexibility index (Phi) is 37.5. The first-order valence-electron chi connectivity index (χ1n) is 21.4. The number of hydrogen-bond acceptors (Lipinski definition) is 6. The van der Waals surface area contributed by atoms with Crippen LogP contribution in [-0.2, 0) is 23.1 Å². The molecule has 0 spiro atoms. The van der Waals surface area contributed by atoms with Gasteiger partial charge in [0.2, 0.25) is 0 Å². The molecule has 0 heterocycles. The van der Waals surface area contributed by atoms with Crippen molar-refractivity contribution in [1.29, 1.82) is 0 Å². The van der Waals surface area contributed by atoms with Crippen molar-refractivity contribution in [3.8, 4) is 0 Å². The molecule has 0 saturated heterocycles. The average Bonchev–Trinajstić information content (AvgIpc) is 3.10. The van der Waals surface area contributed by atoms with E-state index in [9.17, 15) is 9.46 Å². The average molecular weight is 754 g/mol. The molecule has 0 fully saturated rings. The lowest BCUT2D eigenvalue weighted by atomic mass is 10.1. The van der Waals surface area contributed by atoms with Crippen molar-refractivity contribution >= 4 is 7.82 Å². The molecule has 0 rings (SSSR count). The highest BCUT2D eigenvalue weighted by Crippen LogP contribution is 2.38. The van der Waals surface area contributed by atoms with Gasteiger partial charge in [0.1, 0.15) is 19.3 Å². The van der Waals surface area contributed by atoms with Crippen LogP contribution in [0.4, 0.5) is 0 Å². The lowest BCUT2D eigenvalue weighted by Crippen LogP contribution is -2.37. The van der Waals surface area contributed by atoms with E-state index in [0.29, 0.717) is 30.8 Å². The molecule has 0 aliphatic rings. The van der Waals surface area contributed by atoms with Gasteiger partial charge in [0.25, 0.3) is 7.82 Å². The van der Waals surface area contributed by atoms with Gasteiger partial charge in [-0.3, -0.25) is 4.57 Å². The molecule has 7 nitrogen and oxygen atoms in total. The summed E-state index contributed by atoms with van der Waals surface area (Å²) in [5.41, 5.74) is 0. The van der Waals surface area contributed by atoms with E-state index in [1.807, 2.05) is 21.1 Å². The zero-order valence-corrected chi connectivity index (χ0v) is 35.6. The lowest BCUT2D eigenvalue weighted by molar-refractivity contribution is -0.870. The summed E-state index contributed by atoms with van der Waals surface area (Å²) in [6.07, 6.45) is 46.9. The van der Waals surface area contributed by atoms with Crippen molar-refractivity contribution in [2.45, 2.75) is 174 Å². The van der Waals surface area contributed by atoms with E-state index in [1.54, 1.807) is 0 Å². The second-order valence-corrected chi connectivity index (χ2v) is 16.7. The number of likely N-dealkylation sites (N-methyl/N-ethyl adjacent to an activating group) is 1. The van der Waals surface area contributed by atoms with E-state index in [-0.39, 0.29) is 13.2 Å². The molecule has 0 aliphatic heterocycles. The number of allylic oxidation sites excluding steroid dienone is 8. The quantitative estimate of drug-likeness (QED) is 0.0268. The molecular formula is C44H84NO6P. The molecule has 52 heavy (non-hydrogen) atoms. The number of nitrogens with zero attached hydrogens (tertiary/aromatic N) is 1. The number of rotatable bonds is 40. The number of hydrogen-bond donors (Lipinski definition) is 0. The summed E-state index contributed by atoms with van der Waals surface area (Å²) in [4.78, 5) is 12.4. The minimum absolute atomic E-state index is 0.0855. The maximum Gasteiger partial charge on any atom is 0.268 e. The van der Waals surface area contributed by atoms with Crippen LogP contribution in [0.5, 0.6) is 0 Å². The third kappa shape index (κ3) is 41.7. The van der Waals surface area contributed by atoms with E-state index < -0.39 is 13.9 Å². The Bertz CT molecular complexity index is 913. The molecule has 2 atom stereocenters. The van der Waals surface area contributed by atoms with Crippen LogP contribution < -0.4 is 4.89 Å². The molecule has 1 unspecified atom stereocenters. The van der Waals surface area contributed by atoms with Crippen LogP contribution in [0.2, 0.25) is 0 Å². The number of phosphoric acid groups is 1. The first-order chi connectivity index (χ1) is 25.2. The normalized spacial score (nSPS) is 14.5. The monoisotopic (exact) mass is 754 g/mol. The Labute approximate surface area is 322 Å². The van der Waals surface area contributed by atoms with Crippen molar-refractivity contribution < 1.29 is 32.5 Å². The molecule has 0 saturated carbocycles. The minimum Gasteiger partial charge on any atom is -0.756 e. The predicted octanol–water partition coefficient (Wildman–Crippen LogP) is 12.2. The zero-order chi connectivity index (χ0) is 38.3. The minimum atomic E-state index is -4.40. The Morgan fingerprint density at radius 2 is 1.00 bits per heavy atom. The fraction of sp³-hybridized carbons (Fsp3) is 0.818. The van der Waals surface area contributed by atoms with E-state index in [1.165, 1.54) is 103 Å². The van der Waals surface area contributed by atoms with Gasteiger partial charge in [-0.25, -0.2) is 0 Å². The van der Waals surface area contributed by atoms with Crippen molar-refractivity contribution in [3.05, 3.63) is 48.6 Å². The highest BCUT2D eigenvalue weighted by molar-refractivity contribution is 7.45. The first kappa shape index (κ1) is 51.0. The SMILES string of the molecule is CC/C=C\C/C=C\C/C=C\CCCCCCCCO[C@H](COCCCCCCCC/C=C\CCCCCCCC)COP(=O)([O-])OCC[N+](C)(C)C. The van der Waals surface area contributed by atoms with Gasteiger partial charge in [0.15, 0.2) is 0 Å². The van der Waals surface area contributed by atoms with Gasteiger partial charge in [-0.05, 0) is 70.6 Å². The van der Waals surface area contributed by atoms with Gasteiger partial charge in [0, 0.05) is 13.2 Å². The second kappa shape index (κ2) is 38.2. The summed E-state index contributed by atoms with van der Waals surface area (Å²) in [7, 11) is 1.57. The van der Waals surface area contributed by atoms with Gasteiger partial charge in [-0.2, -0.15) is 0 Å². The van der Waals surface area contributed by atoms with Gasteiger partial charge in [-0.1, -0.05) is 146 Å². The molecule has 0 aromatic rings. The maximum atomic E-state index is 12.4. The third-order valence-electron chi connectivity index (χ3n) is 8.93. The third-order valence-corrected chi connectivity index (χ3v) is 9.90. The molecule has 306 valence electrons. The van der Waals surface area contributed by atoms with Crippen LogP contribution in [0.15, 0.2) is 48.6 Å². The van der Waals surface area contributed by atoms with Gasteiger partial charge in [0.05, 0.1) is 34.4 Å². The van der Waals surface area contributed by atoms with Crippen LogP contribution in [0, 0.1) is 0 Å². The van der Waals surface area contributed by atoms with Crippen LogP contribution in [0.3, 0.4) is 0 Å². The zero-order valence-electron chi connectivity index (χ0n) is 34.8. The van der Waals surface area contributed by atoms with Crippen molar-refractivity contribution in [1.82, 2.24) is 0 Å². The highest BCUT2D eigenvalue weighted by Gasteiger charge is 2.18. The fourth-order valence-corrected chi connectivity index (χ4v) is 6.33. The Morgan fingerprint density at radius 3 is 1.54 bits per heavy atom. The highest BCUT2D eigenvalue weighted by atomic mass is 31.2. The summed E-state index contributed by atoms with van der Waals surface area (Å²) in [5, 5.41) is 0. The van der Waals surface area contributed by atoms with Crippen LogP contribution in [0.1, 0.15) is 168 Å². The largest absolute Gasteiger partial charge is 0.756 e. The van der Waals surface area contributed by atoms with Crippen molar-refractivity contribution in [3.63, 3.8) is 0 Å². The topological polar surface area (TPSA) is 77.1 Å². The number of unbranched alkanes of at least 4 members (excludes halogenated alkanes) is 18. The van der Waals surface area contributed by atoms with Crippen LogP contribution in [0.25, 0.3) is 0 Å². The van der Waals surface area contributed by atoms with Crippen LogP contribution in [-0.4, -0.2) is 71.3 Å². The molecule has 8 heteroatoms. The Hall–Kier alpha value is -1.05. The molecule has 0 N–H and O–H groups in total. The summed E-state index contributed by atoms with van der Waals surface area (Å²) in [6.45, 7) is 6.55. The maximum absolute atomic E-state index is 12.4. The summed E-state index contributed by atoms with van der Waals surface area (Å²) >= 11 is 0. The molecule has 0 aromatic carbocycles. The standard InChI is InChI=1S/C44H84NO6P/c1-6-8-10-12-14-16-18-20-22-24-26-28-30-32-34-36-39-48-42-44(43-51-52(46,47)50-41-38-45(3,4)5)49-40-37-35-33-31-29-27-25-23-21-19-17-15-13-11-9-7-2/h9,11,15,17,20-23,44H,6-8,10,12-14,16,18-19,24-43H2,1-5H3/b11-9-,17-15-,22-20-,23-21-/t44-/m1/s1. The van der Waals surface area contributed by atoms with E-state index in [4.69, 9.17) is 18.5 Å². The van der Waals surface area contributed by atoms with Crippen molar-refractivity contribution in [2.75, 3.05) is 60.7 Å². The number of ether oxygens (including phenoxy) is 2. The predicted molar refractivity (Wildman–Crippen MR) is 222 cm³/mol. The molecule has 0 aliphatic carbocycles. The van der Waals surface area contributed by atoms with Crippen LogP contribution >= 0.6 is 7.82 Å². The van der Waals surface area contributed by atoms with Gasteiger partial charge >= 0.3 is 0 Å². The van der Waals surface area contributed by atoms with E-state index in [0.717, 1.165) is 51.4 Å².